The van der Waals surface area contributed by atoms with Crippen molar-refractivity contribution in [2.45, 2.75) is 25.7 Å². The summed E-state index contributed by atoms with van der Waals surface area (Å²) >= 11 is 0. The number of carbonyl (C=O) groups excluding carboxylic acids is 1. The summed E-state index contributed by atoms with van der Waals surface area (Å²) in [6.07, 6.45) is 1.95. The number of hydrogen-bond acceptors (Lipinski definition) is 2. The molecule has 120 valence electrons. The molecule has 0 saturated carbocycles. The van der Waals surface area contributed by atoms with Gasteiger partial charge in [-0.2, -0.15) is 8.78 Å². The zero-order chi connectivity index (χ0) is 16.8. The van der Waals surface area contributed by atoms with Crippen molar-refractivity contribution in [2.24, 2.45) is 0 Å². The van der Waals surface area contributed by atoms with Crippen LogP contribution < -0.4 is 5.32 Å². The van der Waals surface area contributed by atoms with Gasteiger partial charge < -0.3 is 10.4 Å². The Morgan fingerprint density at radius 2 is 2.13 bits per heavy atom. The quantitative estimate of drug-likeness (QED) is 0.834. The number of halogens is 2. The molecule has 1 aromatic carbocycles. The number of aliphatic hydroxyl groups excluding tert-OH is 1. The third-order valence-electron chi connectivity index (χ3n) is 4.29. The van der Waals surface area contributed by atoms with Gasteiger partial charge in [-0.25, -0.2) is 0 Å². The van der Waals surface area contributed by atoms with Gasteiger partial charge in [0.1, 0.15) is 5.76 Å². The summed E-state index contributed by atoms with van der Waals surface area (Å²) < 4.78 is 29.4. The largest absolute Gasteiger partial charge is 0.511 e. The molecule has 0 radical (unpaired) electrons. The fourth-order valence-electron chi connectivity index (χ4n) is 3.23. The summed E-state index contributed by atoms with van der Waals surface area (Å²) in [4.78, 5) is 12.1. The van der Waals surface area contributed by atoms with E-state index in [1.165, 1.54) is 0 Å². The first-order valence-electron chi connectivity index (χ1n) is 7.39. The lowest BCUT2D eigenvalue weighted by Crippen LogP contribution is -2.28. The molecular weight excluding hydrogens is 300 g/mol. The van der Waals surface area contributed by atoms with Crippen molar-refractivity contribution in [3.63, 3.8) is 0 Å². The van der Waals surface area contributed by atoms with Crippen LogP contribution in [0.5, 0.6) is 0 Å². The molecule has 0 aliphatic heterocycles. The number of aryl methyl sites for hydroxylation is 1. The molecule has 2 aliphatic carbocycles. The van der Waals surface area contributed by atoms with E-state index in [0.717, 1.165) is 0 Å². The molecule has 23 heavy (non-hydrogen) atoms. The number of carbonyl (C=O) groups is 1. The van der Waals surface area contributed by atoms with E-state index in [9.17, 15) is 13.6 Å². The van der Waals surface area contributed by atoms with E-state index in [0.29, 0.717) is 22.3 Å². The van der Waals surface area contributed by atoms with E-state index in [1.807, 2.05) is 0 Å². The van der Waals surface area contributed by atoms with E-state index < -0.39 is 5.92 Å². The topological polar surface area (TPSA) is 49.3 Å². The molecule has 3 nitrogen and oxygen atoms in total. The molecule has 0 heterocycles. The van der Waals surface area contributed by atoms with Gasteiger partial charge in [-0.3, -0.25) is 4.79 Å². The molecule has 0 spiro atoms. The average Bonchev–Trinajstić information content (AvgIpc) is 2.74. The van der Waals surface area contributed by atoms with Gasteiger partial charge in [-0.15, -0.1) is 0 Å². The lowest BCUT2D eigenvalue weighted by molar-refractivity contribution is -0.117. The second-order valence-corrected chi connectivity index (χ2v) is 5.88. The number of hydrogen-bond donors (Lipinski definition) is 2. The van der Waals surface area contributed by atoms with Gasteiger partial charge in [0.25, 0.3) is 5.92 Å². The summed E-state index contributed by atoms with van der Waals surface area (Å²) in [7, 11) is 0. The van der Waals surface area contributed by atoms with Gasteiger partial charge in [0.15, 0.2) is 0 Å². The number of amides is 1. The fourth-order valence-corrected chi connectivity index (χ4v) is 3.23. The Labute approximate surface area is 133 Å². The van der Waals surface area contributed by atoms with E-state index >= 15 is 0 Å². The summed E-state index contributed by atoms with van der Waals surface area (Å²) in [5.41, 5.74) is 2.08. The van der Waals surface area contributed by atoms with E-state index in [1.54, 1.807) is 31.2 Å². The van der Waals surface area contributed by atoms with Gasteiger partial charge in [0.2, 0.25) is 5.91 Å². The second-order valence-electron chi connectivity index (χ2n) is 5.88. The summed E-state index contributed by atoms with van der Waals surface area (Å²) in [5, 5.41) is 11.6. The maximum atomic E-state index is 14.7. The highest BCUT2D eigenvalue weighted by atomic mass is 19.3. The zero-order valence-corrected chi connectivity index (χ0v) is 12.7. The SMILES string of the molecule is C=C(O)CNC(=O)C1=CC2=C(CC1)C(F)(F)c1c(C)cccc12. The predicted octanol–water partition coefficient (Wildman–Crippen LogP) is 3.76. The first-order valence-corrected chi connectivity index (χ1v) is 7.39. The lowest BCUT2D eigenvalue weighted by Gasteiger charge is -2.20. The standard InChI is InChI=1S/C18H17F2NO2/c1-10-4-3-5-13-14-8-12(17(23)21-9-11(2)22)6-7-15(14)18(19,20)16(10)13/h3-5,8,22H,2,6-7,9H2,1H3,(H,21,23). The van der Waals surface area contributed by atoms with Crippen molar-refractivity contribution in [3.05, 3.63) is 64.4 Å². The number of alkyl halides is 2. The highest BCUT2D eigenvalue weighted by molar-refractivity contribution is 5.99. The first-order chi connectivity index (χ1) is 10.8. The Bertz CT molecular complexity index is 775. The van der Waals surface area contributed by atoms with Crippen LogP contribution in [0.25, 0.3) is 5.57 Å². The minimum Gasteiger partial charge on any atom is -0.511 e. The van der Waals surface area contributed by atoms with E-state index in [4.69, 9.17) is 5.11 Å². The number of aliphatic hydroxyl groups is 1. The Morgan fingerprint density at radius 3 is 2.83 bits per heavy atom. The van der Waals surface area contributed by atoms with Crippen LogP contribution in [-0.2, 0) is 10.7 Å². The minimum absolute atomic E-state index is 0.0477. The van der Waals surface area contributed by atoms with Crippen LogP contribution >= 0.6 is 0 Å². The molecule has 2 aliphatic rings. The number of nitrogens with one attached hydrogen (secondary N) is 1. The van der Waals surface area contributed by atoms with Gasteiger partial charge in [0.05, 0.1) is 6.54 Å². The second kappa shape index (κ2) is 5.33. The number of allylic oxidation sites excluding steroid dienone is 3. The molecule has 2 N–H and O–H groups in total. The normalized spacial score (nSPS) is 18.1. The lowest BCUT2D eigenvalue weighted by atomic mass is 9.91. The van der Waals surface area contributed by atoms with Crippen LogP contribution in [0.1, 0.15) is 29.5 Å². The molecule has 1 aromatic rings. The van der Waals surface area contributed by atoms with Crippen LogP contribution in [0.4, 0.5) is 8.78 Å². The zero-order valence-electron chi connectivity index (χ0n) is 12.7. The third kappa shape index (κ3) is 2.46. The minimum atomic E-state index is -2.98. The Hall–Kier alpha value is -2.43. The summed E-state index contributed by atoms with van der Waals surface area (Å²) in [6.45, 7) is 4.93. The Morgan fingerprint density at radius 1 is 1.39 bits per heavy atom. The number of fused-ring (bicyclic) bond motifs is 2. The van der Waals surface area contributed by atoms with Crippen molar-refractivity contribution < 1.29 is 18.7 Å². The van der Waals surface area contributed by atoms with Crippen LogP contribution in [0.3, 0.4) is 0 Å². The molecule has 0 bridgehead atoms. The maximum absolute atomic E-state index is 14.7. The van der Waals surface area contributed by atoms with E-state index in [-0.39, 0.29) is 42.2 Å². The van der Waals surface area contributed by atoms with Crippen LogP contribution in [0.2, 0.25) is 0 Å². The Kier molecular flexibility index (Phi) is 3.59. The fraction of sp³-hybridized carbons (Fsp3) is 0.278. The summed E-state index contributed by atoms with van der Waals surface area (Å²) in [6, 6.07) is 5.10. The molecule has 1 amide bonds. The molecular formula is C18H17F2NO2. The highest BCUT2D eigenvalue weighted by Crippen LogP contribution is 2.53. The molecule has 0 saturated heterocycles. The number of rotatable bonds is 3. The first kappa shape index (κ1) is 15.5. The predicted molar refractivity (Wildman–Crippen MR) is 84.1 cm³/mol. The van der Waals surface area contributed by atoms with Crippen LogP contribution in [-0.4, -0.2) is 17.6 Å². The Balaban J connectivity index is 1.99. The molecule has 3 rings (SSSR count). The van der Waals surface area contributed by atoms with Crippen LogP contribution in [0.15, 0.2) is 47.8 Å². The maximum Gasteiger partial charge on any atom is 0.296 e. The van der Waals surface area contributed by atoms with Gasteiger partial charge in [0, 0.05) is 16.7 Å². The van der Waals surface area contributed by atoms with Crippen molar-refractivity contribution in [2.75, 3.05) is 6.54 Å². The molecule has 0 fully saturated rings. The molecule has 5 heteroatoms. The van der Waals surface area contributed by atoms with Crippen molar-refractivity contribution in [1.29, 1.82) is 0 Å². The number of benzene rings is 1. The average molecular weight is 317 g/mol. The molecule has 0 unspecified atom stereocenters. The monoisotopic (exact) mass is 317 g/mol. The van der Waals surface area contributed by atoms with Gasteiger partial charge in [-0.05, 0) is 42.5 Å². The van der Waals surface area contributed by atoms with Gasteiger partial charge >= 0.3 is 0 Å². The van der Waals surface area contributed by atoms with Crippen molar-refractivity contribution >= 4 is 11.5 Å². The third-order valence-corrected chi connectivity index (χ3v) is 4.29. The highest BCUT2D eigenvalue weighted by Gasteiger charge is 2.47. The smallest absolute Gasteiger partial charge is 0.296 e. The van der Waals surface area contributed by atoms with Crippen molar-refractivity contribution in [1.82, 2.24) is 5.32 Å². The molecule has 0 aromatic heterocycles. The van der Waals surface area contributed by atoms with Gasteiger partial charge in [-0.1, -0.05) is 24.8 Å². The molecule has 0 atom stereocenters. The summed E-state index contributed by atoms with van der Waals surface area (Å²) in [5.74, 6) is -3.49. The van der Waals surface area contributed by atoms with Crippen LogP contribution in [0, 0.1) is 6.92 Å². The van der Waals surface area contributed by atoms with E-state index in [2.05, 4.69) is 11.9 Å². The van der Waals surface area contributed by atoms with Crippen molar-refractivity contribution in [3.8, 4) is 0 Å².